The van der Waals surface area contributed by atoms with Gasteiger partial charge in [-0.15, -0.1) is 0 Å². The second-order valence-corrected chi connectivity index (χ2v) is 12.3. The van der Waals surface area contributed by atoms with Gasteiger partial charge in [-0.25, -0.2) is 21.6 Å². The number of ether oxygens (including phenoxy) is 2. The van der Waals surface area contributed by atoms with E-state index >= 15 is 0 Å². The van der Waals surface area contributed by atoms with Crippen molar-refractivity contribution in [2.45, 2.75) is 56.7 Å². The number of carbonyl (C=O) groups excluding carboxylic acids is 2. The van der Waals surface area contributed by atoms with Crippen molar-refractivity contribution >= 4 is 22.0 Å². The van der Waals surface area contributed by atoms with Crippen LogP contribution in [0.4, 0.5) is 9.18 Å². The summed E-state index contributed by atoms with van der Waals surface area (Å²) in [5.41, 5.74) is -0.0773. The molecule has 2 amide bonds. The molecular weight excluding hydrogens is 525 g/mol. The molecule has 1 N–H and O–H groups in total. The predicted molar refractivity (Wildman–Crippen MR) is 143 cm³/mol. The summed E-state index contributed by atoms with van der Waals surface area (Å²) in [7, 11) is -2.70. The third kappa shape index (κ3) is 7.17. The normalized spacial score (nSPS) is 13.6. The highest BCUT2D eigenvalue weighted by Crippen LogP contribution is 2.30. The van der Waals surface area contributed by atoms with Crippen LogP contribution >= 0.6 is 0 Å². The molecule has 1 heterocycles. The first-order valence-corrected chi connectivity index (χ1v) is 14.0. The minimum absolute atomic E-state index is 0.0259. The summed E-state index contributed by atoms with van der Waals surface area (Å²) in [5, 5.41) is 2.81. The summed E-state index contributed by atoms with van der Waals surface area (Å²) >= 11 is 0. The van der Waals surface area contributed by atoms with Gasteiger partial charge >= 0.3 is 6.09 Å². The van der Waals surface area contributed by atoms with Crippen LogP contribution in [0.1, 0.15) is 39.2 Å². The maximum atomic E-state index is 14.8. The van der Waals surface area contributed by atoms with Gasteiger partial charge in [0.15, 0.2) is 6.61 Å². The van der Waals surface area contributed by atoms with Crippen molar-refractivity contribution in [1.82, 2.24) is 14.2 Å². The Labute approximate surface area is 227 Å². The number of hydrogen-bond acceptors (Lipinski definition) is 6. The first-order valence-electron chi connectivity index (χ1n) is 12.5. The van der Waals surface area contributed by atoms with Crippen LogP contribution in [-0.4, -0.2) is 54.6 Å². The molecule has 0 radical (unpaired) electrons. The minimum atomic E-state index is -4.23. The van der Waals surface area contributed by atoms with Crippen LogP contribution < -0.4 is 10.1 Å². The van der Waals surface area contributed by atoms with E-state index in [1.165, 1.54) is 60.6 Å². The summed E-state index contributed by atoms with van der Waals surface area (Å²) in [5.74, 6) is -0.680. The summed E-state index contributed by atoms with van der Waals surface area (Å²) in [4.78, 5) is 25.7. The number of nitrogens with one attached hydrogen (secondary N) is 1. The van der Waals surface area contributed by atoms with Crippen molar-refractivity contribution < 1.29 is 31.9 Å². The zero-order chi connectivity index (χ0) is 28.4. The Bertz CT molecular complexity index is 1470. The van der Waals surface area contributed by atoms with Crippen molar-refractivity contribution in [3.63, 3.8) is 0 Å². The predicted octanol–water partition coefficient (Wildman–Crippen LogP) is 4.56. The van der Waals surface area contributed by atoms with Crippen LogP contribution in [0.25, 0.3) is 11.3 Å². The van der Waals surface area contributed by atoms with Crippen LogP contribution in [0.2, 0.25) is 0 Å². The van der Waals surface area contributed by atoms with Crippen molar-refractivity contribution in [2.75, 3.05) is 13.7 Å². The number of carbonyl (C=O) groups is 2. The lowest BCUT2D eigenvalue weighted by Gasteiger charge is -2.24. The van der Waals surface area contributed by atoms with Crippen LogP contribution in [0.5, 0.6) is 5.75 Å². The number of rotatable bonds is 9. The molecule has 1 saturated carbocycles. The van der Waals surface area contributed by atoms with Gasteiger partial charge in [0.05, 0.1) is 17.1 Å². The monoisotopic (exact) mass is 557 g/mol. The molecule has 1 fully saturated rings. The van der Waals surface area contributed by atoms with Crippen LogP contribution in [0.15, 0.2) is 65.7 Å². The molecule has 11 heteroatoms. The minimum Gasteiger partial charge on any atom is -0.484 e. The zero-order valence-electron chi connectivity index (χ0n) is 22.3. The second-order valence-electron chi connectivity index (χ2n) is 10.5. The number of benzene rings is 2. The standard InChI is InChI=1S/C28H32FN3O6S/c1-28(2,3)38-27(34)31(4)16-19-14-25(23-10-5-6-11-24(23)29)32(17-19)39(35,36)22-9-7-8-21(15-22)37-18-26(33)30-20-12-13-20/h5-11,14-15,17,20H,12-13,16,18H2,1-4H3,(H,30,33). The molecule has 1 aromatic heterocycles. The first-order chi connectivity index (χ1) is 18.3. The van der Waals surface area contributed by atoms with E-state index in [0.717, 1.165) is 16.8 Å². The molecule has 1 aliphatic carbocycles. The molecule has 1 aliphatic rings. The van der Waals surface area contributed by atoms with Gasteiger partial charge < -0.3 is 19.7 Å². The van der Waals surface area contributed by atoms with Crippen molar-refractivity contribution in [1.29, 1.82) is 0 Å². The average Bonchev–Trinajstić information content (AvgIpc) is 3.58. The number of amides is 2. The summed E-state index contributed by atoms with van der Waals surface area (Å²) in [6, 6.07) is 13.3. The topological polar surface area (TPSA) is 107 Å². The highest BCUT2D eigenvalue weighted by Gasteiger charge is 2.26. The summed E-state index contributed by atoms with van der Waals surface area (Å²) < 4.78 is 54.3. The van der Waals surface area contributed by atoms with Gasteiger partial charge in [0.1, 0.15) is 17.2 Å². The van der Waals surface area contributed by atoms with E-state index in [4.69, 9.17) is 9.47 Å². The van der Waals surface area contributed by atoms with E-state index in [1.54, 1.807) is 32.9 Å². The highest BCUT2D eigenvalue weighted by atomic mass is 32.2. The van der Waals surface area contributed by atoms with Crippen LogP contribution in [-0.2, 0) is 26.1 Å². The summed E-state index contributed by atoms with van der Waals surface area (Å²) in [6.07, 6.45) is 2.65. The van der Waals surface area contributed by atoms with E-state index in [1.807, 2.05) is 0 Å². The lowest BCUT2D eigenvalue weighted by molar-refractivity contribution is -0.123. The molecule has 0 saturated heterocycles. The van der Waals surface area contributed by atoms with Gasteiger partial charge in [-0.3, -0.25) is 4.79 Å². The average molecular weight is 558 g/mol. The largest absolute Gasteiger partial charge is 0.484 e. The van der Waals surface area contributed by atoms with E-state index in [-0.39, 0.29) is 47.0 Å². The Balaban J connectivity index is 1.65. The second kappa shape index (κ2) is 11.1. The van der Waals surface area contributed by atoms with Gasteiger partial charge in [0, 0.05) is 30.9 Å². The molecule has 2 aromatic carbocycles. The van der Waals surface area contributed by atoms with E-state index in [2.05, 4.69) is 5.32 Å². The third-order valence-electron chi connectivity index (χ3n) is 5.79. The van der Waals surface area contributed by atoms with Gasteiger partial charge in [-0.1, -0.05) is 18.2 Å². The molecule has 0 aliphatic heterocycles. The smallest absolute Gasteiger partial charge is 0.410 e. The summed E-state index contributed by atoms with van der Waals surface area (Å²) in [6.45, 7) is 5.02. The van der Waals surface area contributed by atoms with E-state index in [9.17, 15) is 22.4 Å². The Morgan fingerprint density at radius 1 is 1.10 bits per heavy atom. The quantitative estimate of drug-likeness (QED) is 0.414. The molecule has 208 valence electrons. The third-order valence-corrected chi connectivity index (χ3v) is 7.46. The molecule has 4 rings (SSSR count). The van der Waals surface area contributed by atoms with Gasteiger partial charge in [-0.05, 0) is 69.5 Å². The van der Waals surface area contributed by atoms with Crippen LogP contribution in [0, 0.1) is 5.82 Å². The number of halogens is 1. The number of hydrogen-bond donors (Lipinski definition) is 1. The fourth-order valence-electron chi connectivity index (χ4n) is 3.81. The zero-order valence-corrected chi connectivity index (χ0v) is 23.1. The lowest BCUT2D eigenvalue weighted by atomic mass is 10.1. The number of aromatic nitrogens is 1. The Morgan fingerprint density at radius 3 is 2.49 bits per heavy atom. The molecule has 0 spiro atoms. The van der Waals surface area contributed by atoms with Gasteiger partial charge in [0.25, 0.3) is 15.9 Å². The molecule has 9 nitrogen and oxygen atoms in total. The molecule has 3 aromatic rings. The maximum absolute atomic E-state index is 14.8. The SMILES string of the molecule is CN(Cc1cc(-c2ccccc2F)n(S(=O)(=O)c2cccc(OCC(=O)NC3CC3)c2)c1)C(=O)OC(C)(C)C. The number of nitrogens with zero attached hydrogens (tertiary/aromatic N) is 2. The first kappa shape index (κ1) is 28.2. The lowest BCUT2D eigenvalue weighted by Crippen LogP contribution is -2.33. The fraction of sp³-hybridized carbons (Fsp3) is 0.357. The van der Waals surface area contributed by atoms with E-state index in [0.29, 0.717) is 5.56 Å². The Kier molecular flexibility index (Phi) is 8.01. The maximum Gasteiger partial charge on any atom is 0.410 e. The highest BCUT2D eigenvalue weighted by molar-refractivity contribution is 7.90. The van der Waals surface area contributed by atoms with Crippen molar-refractivity contribution in [2.24, 2.45) is 0 Å². The van der Waals surface area contributed by atoms with Gasteiger partial charge in [-0.2, -0.15) is 0 Å². The van der Waals surface area contributed by atoms with Crippen LogP contribution in [0.3, 0.4) is 0 Å². The Morgan fingerprint density at radius 2 is 1.82 bits per heavy atom. The molecule has 39 heavy (non-hydrogen) atoms. The molecule has 0 bridgehead atoms. The van der Waals surface area contributed by atoms with Crippen molar-refractivity contribution in [3.8, 4) is 17.0 Å². The van der Waals surface area contributed by atoms with Crippen molar-refractivity contribution in [3.05, 3.63) is 72.2 Å². The van der Waals surface area contributed by atoms with Gasteiger partial charge in [0.2, 0.25) is 0 Å². The Hall–Kier alpha value is -3.86. The molecule has 0 atom stereocenters. The fourth-order valence-corrected chi connectivity index (χ4v) is 5.24. The van der Waals surface area contributed by atoms with E-state index < -0.39 is 27.5 Å². The molecule has 0 unspecified atom stereocenters. The molecular formula is C28H32FN3O6S.